The van der Waals surface area contributed by atoms with Crippen molar-refractivity contribution in [3.63, 3.8) is 0 Å². The van der Waals surface area contributed by atoms with Crippen molar-refractivity contribution in [3.05, 3.63) is 29.8 Å². The van der Waals surface area contributed by atoms with Crippen LogP contribution in [0.15, 0.2) is 24.3 Å². The molecule has 28 heavy (non-hydrogen) atoms. The van der Waals surface area contributed by atoms with Crippen molar-refractivity contribution in [3.8, 4) is 5.75 Å². The molecule has 0 aliphatic heterocycles. The molecule has 0 saturated carbocycles. The van der Waals surface area contributed by atoms with Crippen molar-refractivity contribution in [2.24, 2.45) is 0 Å². The minimum Gasteiger partial charge on any atom is -0.484 e. The van der Waals surface area contributed by atoms with Gasteiger partial charge in [0.05, 0.1) is 5.56 Å². The predicted octanol–water partition coefficient (Wildman–Crippen LogP) is 2.82. The second-order valence-electron chi connectivity index (χ2n) is 7.52. The van der Waals surface area contributed by atoms with Crippen molar-refractivity contribution < 1.29 is 32.2 Å². The molecule has 0 aromatic heterocycles. The minimum absolute atomic E-state index is 0.131. The van der Waals surface area contributed by atoms with Crippen LogP contribution in [0.3, 0.4) is 0 Å². The summed E-state index contributed by atoms with van der Waals surface area (Å²) in [5.41, 5.74) is -1.48. The average Bonchev–Trinajstić information content (AvgIpc) is 2.54. The van der Waals surface area contributed by atoms with E-state index in [4.69, 9.17) is 9.47 Å². The zero-order valence-electron chi connectivity index (χ0n) is 16.8. The molecule has 1 aromatic rings. The SMILES string of the molecule is CN(C)CCN(CC(=O)OC(C)(C)C)C(=O)COc1ccc(C(F)(F)F)cc1. The van der Waals surface area contributed by atoms with Crippen LogP contribution in [0.1, 0.15) is 26.3 Å². The monoisotopic (exact) mass is 404 g/mol. The van der Waals surface area contributed by atoms with Crippen LogP contribution >= 0.6 is 0 Å². The van der Waals surface area contributed by atoms with E-state index in [1.165, 1.54) is 4.90 Å². The Morgan fingerprint density at radius 2 is 1.57 bits per heavy atom. The molecule has 0 unspecified atom stereocenters. The van der Waals surface area contributed by atoms with E-state index in [0.29, 0.717) is 6.54 Å². The Kier molecular flexibility index (Phi) is 8.29. The third-order valence-corrected chi connectivity index (χ3v) is 3.45. The molecule has 9 heteroatoms. The van der Waals surface area contributed by atoms with Gasteiger partial charge in [0.15, 0.2) is 6.61 Å². The van der Waals surface area contributed by atoms with Gasteiger partial charge < -0.3 is 19.3 Å². The zero-order valence-corrected chi connectivity index (χ0v) is 16.8. The van der Waals surface area contributed by atoms with Crippen LogP contribution in [0.5, 0.6) is 5.75 Å². The van der Waals surface area contributed by atoms with E-state index in [2.05, 4.69) is 0 Å². The highest BCUT2D eigenvalue weighted by atomic mass is 19.4. The van der Waals surface area contributed by atoms with Crippen molar-refractivity contribution in [1.29, 1.82) is 0 Å². The number of nitrogens with zero attached hydrogens (tertiary/aromatic N) is 2. The summed E-state index contributed by atoms with van der Waals surface area (Å²) < 4.78 is 48.3. The normalized spacial score (nSPS) is 12.0. The smallest absolute Gasteiger partial charge is 0.416 e. The Bertz CT molecular complexity index is 653. The van der Waals surface area contributed by atoms with Gasteiger partial charge in [-0.25, -0.2) is 0 Å². The van der Waals surface area contributed by atoms with Crippen LogP contribution in [0.4, 0.5) is 13.2 Å². The molecule has 0 N–H and O–H groups in total. The van der Waals surface area contributed by atoms with Gasteiger partial charge in [0.1, 0.15) is 17.9 Å². The van der Waals surface area contributed by atoms with Gasteiger partial charge in [0.25, 0.3) is 5.91 Å². The van der Waals surface area contributed by atoms with Crippen LogP contribution in [0.2, 0.25) is 0 Å². The average molecular weight is 404 g/mol. The predicted molar refractivity (Wildman–Crippen MR) is 97.9 cm³/mol. The summed E-state index contributed by atoms with van der Waals surface area (Å²) in [6.07, 6.45) is -4.44. The fourth-order valence-electron chi connectivity index (χ4n) is 2.12. The molecule has 158 valence electrons. The molecule has 0 aliphatic rings. The first-order valence-corrected chi connectivity index (χ1v) is 8.72. The van der Waals surface area contributed by atoms with Gasteiger partial charge in [-0.3, -0.25) is 9.59 Å². The van der Waals surface area contributed by atoms with Gasteiger partial charge in [0, 0.05) is 13.1 Å². The lowest BCUT2D eigenvalue weighted by Gasteiger charge is -2.26. The zero-order chi connectivity index (χ0) is 21.5. The number of hydrogen-bond acceptors (Lipinski definition) is 5. The molecule has 1 amide bonds. The van der Waals surface area contributed by atoms with Crippen molar-refractivity contribution in [2.75, 3.05) is 40.3 Å². The maximum Gasteiger partial charge on any atom is 0.416 e. The first-order chi connectivity index (χ1) is 12.8. The number of benzene rings is 1. The topological polar surface area (TPSA) is 59.1 Å². The van der Waals surface area contributed by atoms with Crippen molar-refractivity contribution >= 4 is 11.9 Å². The summed E-state index contributed by atoms with van der Waals surface area (Å²) in [4.78, 5) is 27.7. The number of likely N-dealkylation sites (N-methyl/N-ethyl adjacent to an activating group) is 1. The minimum atomic E-state index is -4.44. The van der Waals surface area contributed by atoms with Gasteiger partial charge in [-0.1, -0.05) is 0 Å². The van der Waals surface area contributed by atoms with Crippen LogP contribution in [-0.4, -0.2) is 67.6 Å². The Labute approximate surface area is 163 Å². The Morgan fingerprint density at radius 1 is 1.00 bits per heavy atom. The van der Waals surface area contributed by atoms with Crippen LogP contribution in [-0.2, 0) is 20.5 Å². The molecule has 0 saturated heterocycles. The van der Waals surface area contributed by atoms with E-state index in [9.17, 15) is 22.8 Å². The molecule has 0 bridgehead atoms. The molecule has 1 aromatic carbocycles. The second-order valence-corrected chi connectivity index (χ2v) is 7.52. The third-order valence-electron chi connectivity index (χ3n) is 3.45. The second kappa shape index (κ2) is 9.77. The lowest BCUT2D eigenvalue weighted by molar-refractivity contribution is -0.159. The maximum absolute atomic E-state index is 12.6. The van der Waals surface area contributed by atoms with E-state index >= 15 is 0 Å². The molecule has 0 aliphatic carbocycles. The highest BCUT2D eigenvalue weighted by Crippen LogP contribution is 2.30. The number of alkyl halides is 3. The standard InChI is InChI=1S/C19H27F3N2O4/c1-18(2,3)28-17(26)12-24(11-10-23(4)5)16(25)13-27-15-8-6-14(7-9-15)19(20,21)22/h6-9H,10-13H2,1-5H3. The lowest BCUT2D eigenvalue weighted by atomic mass is 10.2. The number of rotatable bonds is 8. The molecule has 0 atom stereocenters. The quantitative estimate of drug-likeness (QED) is 0.624. The van der Waals surface area contributed by atoms with Crippen molar-refractivity contribution in [1.82, 2.24) is 9.80 Å². The summed E-state index contributed by atoms with van der Waals surface area (Å²) in [6, 6.07) is 4.05. The molecule has 1 rings (SSSR count). The highest BCUT2D eigenvalue weighted by Gasteiger charge is 2.30. The number of amides is 1. The molecule has 0 spiro atoms. The molecule has 0 heterocycles. The number of carbonyl (C=O) groups excluding carboxylic acids is 2. The highest BCUT2D eigenvalue weighted by molar-refractivity contribution is 5.83. The first-order valence-electron chi connectivity index (χ1n) is 8.72. The number of carbonyl (C=O) groups is 2. The third kappa shape index (κ3) is 9.07. The van der Waals surface area contributed by atoms with Gasteiger partial charge in [0.2, 0.25) is 0 Å². The van der Waals surface area contributed by atoms with E-state index in [1.54, 1.807) is 20.8 Å². The molecule has 0 fully saturated rings. The van der Waals surface area contributed by atoms with Crippen LogP contribution in [0, 0.1) is 0 Å². The summed E-state index contributed by atoms with van der Waals surface area (Å²) in [6.45, 7) is 5.35. The van der Waals surface area contributed by atoms with Crippen molar-refractivity contribution in [2.45, 2.75) is 32.5 Å². The molecular weight excluding hydrogens is 377 g/mol. The lowest BCUT2D eigenvalue weighted by Crippen LogP contribution is -2.43. The summed E-state index contributed by atoms with van der Waals surface area (Å²) in [5.74, 6) is -0.882. The number of ether oxygens (including phenoxy) is 2. The fourth-order valence-corrected chi connectivity index (χ4v) is 2.12. The summed E-state index contributed by atoms with van der Waals surface area (Å²) in [7, 11) is 3.66. The molecular formula is C19H27F3N2O4. The Balaban J connectivity index is 2.70. The molecule has 6 nitrogen and oxygen atoms in total. The van der Waals surface area contributed by atoms with Crippen LogP contribution in [0.25, 0.3) is 0 Å². The summed E-state index contributed by atoms with van der Waals surface area (Å²) in [5, 5.41) is 0. The largest absolute Gasteiger partial charge is 0.484 e. The summed E-state index contributed by atoms with van der Waals surface area (Å²) >= 11 is 0. The Hall–Kier alpha value is -2.29. The van der Waals surface area contributed by atoms with Crippen LogP contribution < -0.4 is 4.74 Å². The van der Waals surface area contributed by atoms with E-state index in [0.717, 1.165) is 24.3 Å². The molecule has 0 radical (unpaired) electrons. The fraction of sp³-hybridized carbons (Fsp3) is 0.579. The van der Waals surface area contributed by atoms with Gasteiger partial charge in [-0.15, -0.1) is 0 Å². The number of halogens is 3. The van der Waals surface area contributed by atoms with Gasteiger partial charge >= 0.3 is 12.1 Å². The van der Waals surface area contributed by atoms with E-state index < -0.39 is 35.8 Å². The van der Waals surface area contributed by atoms with E-state index in [1.807, 2.05) is 19.0 Å². The van der Waals surface area contributed by atoms with Gasteiger partial charge in [-0.2, -0.15) is 13.2 Å². The number of hydrogen-bond donors (Lipinski definition) is 0. The Morgan fingerprint density at radius 3 is 2.04 bits per heavy atom. The first kappa shape index (κ1) is 23.7. The number of esters is 1. The van der Waals surface area contributed by atoms with Gasteiger partial charge in [-0.05, 0) is 59.1 Å². The maximum atomic E-state index is 12.6. The van der Waals surface area contributed by atoms with E-state index in [-0.39, 0.29) is 18.8 Å².